The number of carbonyl (C=O) groups excluding carboxylic acids is 1. The quantitative estimate of drug-likeness (QED) is 0.455. The number of nitrogens with one attached hydrogen (secondary N) is 1. The van der Waals surface area contributed by atoms with Crippen molar-refractivity contribution in [2.24, 2.45) is 0 Å². The number of hydrogen-bond acceptors (Lipinski definition) is 5. The van der Waals surface area contributed by atoms with Crippen LogP contribution in [0.25, 0.3) is 10.4 Å². The molecule has 4 nitrogen and oxygen atoms in total. The summed E-state index contributed by atoms with van der Waals surface area (Å²) >= 11 is 3.41. The van der Waals surface area contributed by atoms with Crippen LogP contribution in [-0.2, 0) is 11.3 Å². The highest BCUT2D eigenvalue weighted by Gasteiger charge is 2.16. The second-order valence-corrected chi connectivity index (χ2v) is 9.18. The number of rotatable bonds is 8. The van der Waals surface area contributed by atoms with E-state index in [0.29, 0.717) is 0 Å². The standard InChI is InChI=1S/C24H26N2O2S2/c1-29-21-9-7-20(8-10-21)25-24(27)17-28-22-11-6-18(23-5-4-14-30-23)15-19(22)16-26-12-2-3-13-26/h4-11,14-15H,2-3,12-13,16-17H2,1H3,(H,25,27). The maximum Gasteiger partial charge on any atom is 0.262 e. The summed E-state index contributed by atoms with van der Waals surface area (Å²) < 4.78 is 5.96. The zero-order valence-corrected chi connectivity index (χ0v) is 18.7. The highest BCUT2D eigenvalue weighted by atomic mass is 32.2. The lowest BCUT2D eigenvalue weighted by atomic mass is 10.1. The number of benzene rings is 2. The third kappa shape index (κ3) is 5.45. The Kier molecular flexibility index (Phi) is 7.10. The van der Waals surface area contributed by atoms with E-state index in [-0.39, 0.29) is 12.5 Å². The Bertz CT molecular complexity index is 965. The van der Waals surface area contributed by atoms with Gasteiger partial charge in [0.25, 0.3) is 5.91 Å². The molecule has 0 aliphatic carbocycles. The number of carbonyl (C=O) groups is 1. The molecule has 6 heteroatoms. The minimum absolute atomic E-state index is 0.00434. The van der Waals surface area contributed by atoms with Crippen molar-refractivity contribution in [2.75, 3.05) is 31.3 Å². The summed E-state index contributed by atoms with van der Waals surface area (Å²) in [7, 11) is 0. The van der Waals surface area contributed by atoms with Gasteiger partial charge in [0.05, 0.1) is 0 Å². The Labute approximate surface area is 186 Å². The summed E-state index contributed by atoms with van der Waals surface area (Å²) in [5.41, 5.74) is 3.12. The third-order valence-electron chi connectivity index (χ3n) is 5.19. The molecule has 1 aliphatic rings. The molecule has 30 heavy (non-hydrogen) atoms. The van der Waals surface area contributed by atoms with Gasteiger partial charge in [-0.1, -0.05) is 6.07 Å². The zero-order chi connectivity index (χ0) is 20.8. The van der Waals surface area contributed by atoms with Gasteiger partial charge in [-0.15, -0.1) is 23.1 Å². The van der Waals surface area contributed by atoms with Crippen LogP contribution in [-0.4, -0.2) is 36.8 Å². The summed E-state index contributed by atoms with van der Waals surface area (Å²) in [4.78, 5) is 17.3. The summed E-state index contributed by atoms with van der Waals surface area (Å²) in [5, 5.41) is 5.00. The number of nitrogens with zero attached hydrogens (tertiary/aromatic N) is 1. The predicted octanol–water partition coefficient (Wildman–Crippen LogP) is 5.75. The zero-order valence-electron chi connectivity index (χ0n) is 17.1. The Morgan fingerprint density at radius 1 is 1.13 bits per heavy atom. The SMILES string of the molecule is CSc1ccc(NC(=O)COc2ccc(-c3cccs3)cc2CN2CCCC2)cc1. The van der Waals surface area contributed by atoms with Crippen LogP contribution in [0, 0.1) is 0 Å². The third-order valence-corrected chi connectivity index (χ3v) is 6.85. The highest BCUT2D eigenvalue weighted by Crippen LogP contribution is 2.31. The van der Waals surface area contributed by atoms with Crippen LogP contribution in [0.15, 0.2) is 64.9 Å². The lowest BCUT2D eigenvalue weighted by Crippen LogP contribution is -2.22. The molecule has 1 saturated heterocycles. The lowest BCUT2D eigenvalue weighted by molar-refractivity contribution is -0.118. The lowest BCUT2D eigenvalue weighted by Gasteiger charge is -2.18. The van der Waals surface area contributed by atoms with E-state index in [9.17, 15) is 4.79 Å². The van der Waals surface area contributed by atoms with Crippen molar-refractivity contribution in [1.82, 2.24) is 4.90 Å². The molecule has 2 aromatic carbocycles. The summed E-state index contributed by atoms with van der Waals surface area (Å²) in [6.07, 6.45) is 4.53. The van der Waals surface area contributed by atoms with Crippen molar-refractivity contribution in [3.05, 3.63) is 65.5 Å². The molecule has 1 aromatic heterocycles. The van der Waals surface area contributed by atoms with Crippen LogP contribution in [0.3, 0.4) is 0 Å². The number of amides is 1. The Balaban J connectivity index is 1.44. The first kappa shape index (κ1) is 21.0. The maximum atomic E-state index is 12.4. The number of thioether (sulfide) groups is 1. The Morgan fingerprint density at radius 2 is 1.93 bits per heavy atom. The monoisotopic (exact) mass is 438 g/mol. The average molecular weight is 439 g/mol. The average Bonchev–Trinajstić information content (AvgIpc) is 3.48. The van der Waals surface area contributed by atoms with Crippen molar-refractivity contribution in [3.8, 4) is 16.2 Å². The van der Waals surface area contributed by atoms with Gasteiger partial charge in [0.15, 0.2) is 6.61 Å². The summed E-state index contributed by atoms with van der Waals surface area (Å²) in [6, 6.07) is 18.3. The molecule has 1 fully saturated rings. The number of hydrogen-bond donors (Lipinski definition) is 1. The van der Waals surface area contributed by atoms with E-state index >= 15 is 0 Å². The number of anilines is 1. The Morgan fingerprint density at radius 3 is 2.63 bits per heavy atom. The van der Waals surface area contributed by atoms with Crippen LogP contribution in [0.4, 0.5) is 5.69 Å². The molecule has 1 amide bonds. The van der Waals surface area contributed by atoms with E-state index in [4.69, 9.17) is 4.74 Å². The van der Waals surface area contributed by atoms with E-state index < -0.39 is 0 Å². The first-order valence-electron chi connectivity index (χ1n) is 10.2. The molecule has 4 rings (SSSR count). The fourth-order valence-corrected chi connectivity index (χ4v) is 4.77. The van der Waals surface area contributed by atoms with Crippen molar-refractivity contribution in [1.29, 1.82) is 0 Å². The van der Waals surface area contributed by atoms with Crippen LogP contribution in [0.5, 0.6) is 5.75 Å². The number of likely N-dealkylation sites (tertiary alicyclic amines) is 1. The number of ether oxygens (including phenoxy) is 1. The van der Waals surface area contributed by atoms with Gasteiger partial charge in [0.2, 0.25) is 0 Å². The second-order valence-electron chi connectivity index (χ2n) is 7.35. The van der Waals surface area contributed by atoms with Gasteiger partial charge in [-0.25, -0.2) is 0 Å². The first-order chi connectivity index (χ1) is 14.7. The van der Waals surface area contributed by atoms with Gasteiger partial charge >= 0.3 is 0 Å². The molecule has 0 unspecified atom stereocenters. The van der Waals surface area contributed by atoms with E-state index in [0.717, 1.165) is 36.6 Å². The van der Waals surface area contributed by atoms with Gasteiger partial charge in [-0.3, -0.25) is 9.69 Å². The fourth-order valence-electron chi connectivity index (χ4n) is 3.64. The molecule has 0 radical (unpaired) electrons. The molecular weight excluding hydrogens is 412 g/mol. The maximum absolute atomic E-state index is 12.4. The fraction of sp³-hybridized carbons (Fsp3) is 0.292. The van der Waals surface area contributed by atoms with Crippen molar-refractivity contribution >= 4 is 34.7 Å². The minimum Gasteiger partial charge on any atom is -0.483 e. The molecular formula is C24H26N2O2S2. The van der Waals surface area contributed by atoms with Crippen molar-refractivity contribution < 1.29 is 9.53 Å². The molecule has 156 valence electrons. The molecule has 1 aliphatic heterocycles. The molecule has 0 spiro atoms. The molecule has 0 bridgehead atoms. The van der Waals surface area contributed by atoms with Crippen LogP contribution >= 0.6 is 23.1 Å². The molecule has 1 N–H and O–H groups in total. The molecule has 3 aromatic rings. The van der Waals surface area contributed by atoms with Crippen molar-refractivity contribution in [2.45, 2.75) is 24.3 Å². The van der Waals surface area contributed by atoms with Crippen LogP contribution in [0.1, 0.15) is 18.4 Å². The topological polar surface area (TPSA) is 41.6 Å². The predicted molar refractivity (Wildman–Crippen MR) is 127 cm³/mol. The van der Waals surface area contributed by atoms with E-state index in [1.807, 2.05) is 36.6 Å². The van der Waals surface area contributed by atoms with Crippen LogP contribution in [0.2, 0.25) is 0 Å². The first-order valence-corrected chi connectivity index (χ1v) is 12.3. The minimum atomic E-state index is -0.152. The highest BCUT2D eigenvalue weighted by molar-refractivity contribution is 7.98. The van der Waals surface area contributed by atoms with Gasteiger partial charge in [0.1, 0.15) is 5.75 Å². The largest absolute Gasteiger partial charge is 0.483 e. The molecule has 0 atom stereocenters. The van der Waals surface area contributed by atoms with Gasteiger partial charge < -0.3 is 10.1 Å². The van der Waals surface area contributed by atoms with Gasteiger partial charge in [-0.05, 0) is 91.7 Å². The summed E-state index contributed by atoms with van der Waals surface area (Å²) in [5.74, 6) is 0.636. The van der Waals surface area contributed by atoms with E-state index in [1.54, 1.807) is 23.1 Å². The summed E-state index contributed by atoms with van der Waals surface area (Å²) in [6.45, 7) is 3.09. The van der Waals surface area contributed by atoms with Gasteiger partial charge in [-0.2, -0.15) is 0 Å². The van der Waals surface area contributed by atoms with Crippen molar-refractivity contribution in [3.63, 3.8) is 0 Å². The number of thiophene rings is 1. The normalized spacial score (nSPS) is 14.0. The van der Waals surface area contributed by atoms with E-state index in [1.165, 1.54) is 28.2 Å². The Hall–Kier alpha value is -2.28. The molecule has 2 heterocycles. The molecule has 0 saturated carbocycles. The second kappa shape index (κ2) is 10.2. The van der Waals surface area contributed by atoms with Crippen LogP contribution < -0.4 is 10.1 Å². The van der Waals surface area contributed by atoms with Gasteiger partial charge in [0, 0.05) is 27.6 Å². The smallest absolute Gasteiger partial charge is 0.262 e. The van der Waals surface area contributed by atoms with E-state index in [2.05, 4.69) is 39.9 Å².